The molecule has 1 atom stereocenters. The summed E-state index contributed by atoms with van der Waals surface area (Å²) in [4.78, 5) is 0.647. The molecule has 0 aliphatic heterocycles. The van der Waals surface area contributed by atoms with Gasteiger partial charge in [0, 0.05) is 5.56 Å². The molecule has 4 nitrogen and oxygen atoms in total. The number of halogens is 2. The van der Waals surface area contributed by atoms with Gasteiger partial charge in [0.25, 0.3) is 0 Å². The SMILES string of the molecule is CCCc1nnsc1C(NN)c1c(F)cccc1F. The first-order valence-electron chi connectivity index (χ1n) is 5.90. The van der Waals surface area contributed by atoms with Crippen LogP contribution in [0.25, 0.3) is 0 Å². The predicted molar refractivity (Wildman–Crippen MR) is 69.4 cm³/mol. The summed E-state index contributed by atoms with van der Waals surface area (Å²) in [6.07, 6.45) is 1.57. The fraction of sp³-hybridized carbons (Fsp3) is 0.333. The summed E-state index contributed by atoms with van der Waals surface area (Å²) in [5, 5.41) is 3.99. The lowest BCUT2D eigenvalue weighted by molar-refractivity contribution is 0.511. The summed E-state index contributed by atoms with van der Waals surface area (Å²) in [6, 6.07) is 2.95. The molecule has 7 heteroatoms. The second-order valence-electron chi connectivity index (χ2n) is 4.07. The third-order valence-electron chi connectivity index (χ3n) is 2.79. The smallest absolute Gasteiger partial charge is 0.131 e. The quantitative estimate of drug-likeness (QED) is 0.653. The molecule has 0 spiro atoms. The van der Waals surface area contributed by atoms with Crippen LogP contribution in [0.3, 0.4) is 0 Å². The second kappa shape index (κ2) is 6.14. The van der Waals surface area contributed by atoms with E-state index in [0.29, 0.717) is 11.3 Å². The number of rotatable bonds is 5. The van der Waals surface area contributed by atoms with Gasteiger partial charge in [-0.25, -0.2) is 14.2 Å². The minimum Gasteiger partial charge on any atom is -0.271 e. The van der Waals surface area contributed by atoms with Crippen LogP contribution in [0.2, 0.25) is 0 Å². The lowest BCUT2D eigenvalue weighted by atomic mass is 10.0. The van der Waals surface area contributed by atoms with Gasteiger partial charge in [0.05, 0.1) is 16.6 Å². The topological polar surface area (TPSA) is 63.8 Å². The molecule has 0 aliphatic rings. The Balaban J connectivity index is 2.47. The highest BCUT2D eigenvalue weighted by molar-refractivity contribution is 7.05. The number of hydrogen-bond donors (Lipinski definition) is 2. The van der Waals surface area contributed by atoms with Crippen molar-refractivity contribution in [2.24, 2.45) is 5.84 Å². The Morgan fingerprint density at radius 3 is 2.63 bits per heavy atom. The van der Waals surface area contributed by atoms with E-state index in [1.165, 1.54) is 18.2 Å². The molecule has 0 saturated carbocycles. The monoisotopic (exact) mass is 284 g/mol. The molecule has 1 heterocycles. The van der Waals surface area contributed by atoms with Gasteiger partial charge in [0.15, 0.2) is 0 Å². The summed E-state index contributed by atoms with van der Waals surface area (Å²) >= 11 is 1.10. The third-order valence-corrected chi connectivity index (χ3v) is 3.62. The normalized spacial score (nSPS) is 12.6. The maximum absolute atomic E-state index is 13.8. The van der Waals surface area contributed by atoms with Gasteiger partial charge in [-0.3, -0.25) is 5.84 Å². The lowest BCUT2D eigenvalue weighted by Crippen LogP contribution is -2.30. The summed E-state index contributed by atoms with van der Waals surface area (Å²) < 4.78 is 31.5. The van der Waals surface area contributed by atoms with Crippen molar-refractivity contribution in [3.63, 3.8) is 0 Å². The molecule has 0 radical (unpaired) electrons. The molecule has 1 aromatic carbocycles. The number of benzene rings is 1. The van der Waals surface area contributed by atoms with Crippen LogP contribution >= 0.6 is 11.5 Å². The highest BCUT2D eigenvalue weighted by atomic mass is 32.1. The van der Waals surface area contributed by atoms with E-state index in [4.69, 9.17) is 5.84 Å². The lowest BCUT2D eigenvalue weighted by Gasteiger charge is -2.16. The maximum Gasteiger partial charge on any atom is 0.131 e. The zero-order valence-electron chi connectivity index (χ0n) is 10.4. The highest BCUT2D eigenvalue weighted by Crippen LogP contribution is 2.30. The van der Waals surface area contributed by atoms with Gasteiger partial charge in [-0.1, -0.05) is 23.9 Å². The Morgan fingerprint density at radius 2 is 2.05 bits per heavy atom. The standard InChI is InChI=1S/C12H14F2N4S/c1-2-4-9-12(19-18-17-9)11(16-15)10-7(13)5-3-6-8(10)14/h3,5-6,11,16H,2,4,15H2,1H3. The maximum atomic E-state index is 13.8. The molecule has 0 amide bonds. The zero-order chi connectivity index (χ0) is 13.8. The molecule has 102 valence electrons. The third kappa shape index (κ3) is 2.78. The molecule has 2 aromatic rings. The Kier molecular flexibility index (Phi) is 4.52. The molecule has 1 aromatic heterocycles. The number of nitrogens with zero attached hydrogens (tertiary/aromatic N) is 2. The van der Waals surface area contributed by atoms with E-state index in [2.05, 4.69) is 15.0 Å². The van der Waals surface area contributed by atoms with Gasteiger partial charge in [-0.2, -0.15) is 0 Å². The van der Waals surface area contributed by atoms with Gasteiger partial charge in [-0.15, -0.1) is 5.10 Å². The first-order valence-corrected chi connectivity index (χ1v) is 6.67. The van der Waals surface area contributed by atoms with Crippen molar-refractivity contribution < 1.29 is 8.78 Å². The first-order chi connectivity index (χ1) is 9.19. The average Bonchev–Trinajstić information content (AvgIpc) is 2.83. The molecular weight excluding hydrogens is 270 g/mol. The summed E-state index contributed by atoms with van der Waals surface area (Å²) in [7, 11) is 0. The predicted octanol–water partition coefficient (Wildman–Crippen LogP) is 2.32. The number of hydrogen-bond acceptors (Lipinski definition) is 5. The molecule has 0 aliphatic carbocycles. The summed E-state index contributed by atoms with van der Waals surface area (Å²) in [6.45, 7) is 2.00. The van der Waals surface area contributed by atoms with Crippen LogP contribution in [0.15, 0.2) is 18.2 Å². The fourth-order valence-corrected chi connectivity index (χ4v) is 2.69. The number of aromatic nitrogens is 2. The van der Waals surface area contributed by atoms with Crippen molar-refractivity contribution in [1.29, 1.82) is 0 Å². The van der Waals surface area contributed by atoms with Crippen molar-refractivity contribution in [2.45, 2.75) is 25.8 Å². The van der Waals surface area contributed by atoms with E-state index >= 15 is 0 Å². The van der Waals surface area contributed by atoms with E-state index in [1.54, 1.807) is 0 Å². The van der Waals surface area contributed by atoms with E-state index in [9.17, 15) is 8.78 Å². The van der Waals surface area contributed by atoms with Crippen LogP contribution in [0.5, 0.6) is 0 Å². The first kappa shape index (κ1) is 14.0. The Morgan fingerprint density at radius 1 is 1.37 bits per heavy atom. The van der Waals surface area contributed by atoms with Crippen molar-refractivity contribution in [3.05, 3.63) is 46.0 Å². The number of nitrogens with two attached hydrogens (primary N) is 1. The van der Waals surface area contributed by atoms with Gasteiger partial charge in [0.2, 0.25) is 0 Å². The number of aryl methyl sites for hydroxylation is 1. The van der Waals surface area contributed by atoms with Crippen molar-refractivity contribution in [2.75, 3.05) is 0 Å². The minimum absolute atomic E-state index is 0.103. The highest BCUT2D eigenvalue weighted by Gasteiger charge is 2.25. The van der Waals surface area contributed by atoms with Crippen molar-refractivity contribution in [1.82, 2.24) is 15.0 Å². The van der Waals surface area contributed by atoms with Gasteiger partial charge >= 0.3 is 0 Å². The molecule has 1 unspecified atom stereocenters. The van der Waals surface area contributed by atoms with Crippen LogP contribution in [-0.4, -0.2) is 9.59 Å². The van der Waals surface area contributed by atoms with E-state index in [-0.39, 0.29) is 5.56 Å². The van der Waals surface area contributed by atoms with E-state index in [0.717, 1.165) is 23.6 Å². The van der Waals surface area contributed by atoms with Crippen molar-refractivity contribution >= 4 is 11.5 Å². The molecule has 2 rings (SSSR count). The zero-order valence-corrected chi connectivity index (χ0v) is 11.2. The Bertz CT molecular complexity index is 538. The van der Waals surface area contributed by atoms with Crippen LogP contribution < -0.4 is 11.3 Å². The molecular formula is C12H14F2N4S. The van der Waals surface area contributed by atoms with Gasteiger partial charge < -0.3 is 0 Å². The molecule has 0 bridgehead atoms. The van der Waals surface area contributed by atoms with E-state index in [1.807, 2.05) is 6.92 Å². The second-order valence-corrected chi connectivity index (χ2v) is 4.85. The summed E-state index contributed by atoms with van der Waals surface area (Å²) in [5.74, 6) is 4.19. The largest absolute Gasteiger partial charge is 0.271 e. The van der Waals surface area contributed by atoms with E-state index < -0.39 is 17.7 Å². The Labute approximate surface area is 113 Å². The van der Waals surface area contributed by atoms with Gasteiger partial charge in [-0.05, 0) is 30.1 Å². The molecule has 0 fully saturated rings. The Hall–Kier alpha value is -1.44. The van der Waals surface area contributed by atoms with Crippen LogP contribution in [-0.2, 0) is 6.42 Å². The van der Waals surface area contributed by atoms with Crippen LogP contribution in [0, 0.1) is 11.6 Å². The fourth-order valence-electron chi connectivity index (χ4n) is 1.92. The van der Waals surface area contributed by atoms with Crippen molar-refractivity contribution in [3.8, 4) is 0 Å². The molecule has 3 N–H and O–H groups in total. The molecule has 19 heavy (non-hydrogen) atoms. The van der Waals surface area contributed by atoms with Crippen LogP contribution in [0.4, 0.5) is 8.78 Å². The van der Waals surface area contributed by atoms with Crippen LogP contribution in [0.1, 0.15) is 35.5 Å². The molecule has 0 saturated heterocycles. The average molecular weight is 284 g/mol. The summed E-state index contributed by atoms with van der Waals surface area (Å²) in [5.41, 5.74) is 3.07. The number of nitrogens with one attached hydrogen (secondary N) is 1. The minimum atomic E-state index is -0.775. The number of hydrazine groups is 1. The van der Waals surface area contributed by atoms with Gasteiger partial charge in [0.1, 0.15) is 11.6 Å².